The molecule has 0 aromatic carbocycles. The van der Waals surface area contributed by atoms with Gasteiger partial charge in [-0.1, -0.05) is 6.92 Å². The molecule has 0 spiro atoms. The van der Waals surface area contributed by atoms with Crippen LogP contribution in [0.5, 0.6) is 0 Å². The maximum Gasteiger partial charge on any atom is 0.216 e. The van der Waals surface area contributed by atoms with Crippen LogP contribution in [0.3, 0.4) is 0 Å². The third kappa shape index (κ3) is 4.69. The van der Waals surface area contributed by atoms with Crippen LogP contribution in [-0.4, -0.2) is 34.7 Å². The van der Waals surface area contributed by atoms with Crippen molar-refractivity contribution in [3.63, 3.8) is 0 Å². The molecule has 7 nitrogen and oxygen atoms in total. The lowest BCUT2D eigenvalue weighted by Gasteiger charge is -2.10. The molecule has 0 unspecified atom stereocenters. The Kier molecular flexibility index (Phi) is 5.84. The van der Waals surface area contributed by atoms with Crippen molar-refractivity contribution in [1.82, 2.24) is 25.8 Å². The number of aryl methyl sites for hydroxylation is 1. The molecule has 0 aliphatic rings. The van der Waals surface area contributed by atoms with Crippen molar-refractivity contribution >= 4 is 17.3 Å². The molecule has 132 valence electrons. The van der Waals surface area contributed by atoms with Gasteiger partial charge in [-0.25, -0.2) is 4.98 Å². The van der Waals surface area contributed by atoms with Gasteiger partial charge in [-0.3, -0.25) is 10.1 Å². The lowest BCUT2D eigenvalue weighted by atomic mass is 10.3. The Morgan fingerprint density at radius 2 is 2.16 bits per heavy atom. The fourth-order valence-corrected chi connectivity index (χ4v) is 3.22. The fraction of sp³-hybridized carbons (Fsp3) is 0.353. The second kappa shape index (κ2) is 8.48. The van der Waals surface area contributed by atoms with Crippen LogP contribution in [0.15, 0.2) is 39.9 Å². The van der Waals surface area contributed by atoms with Crippen molar-refractivity contribution in [3.8, 4) is 11.6 Å². The zero-order chi connectivity index (χ0) is 17.5. The van der Waals surface area contributed by atoms with Gasteiger partial charge in [0.1, 0.15) is 5.82 Å². The van der Waals surface area contributed by atoms with Crippen molar-refractivity contribution in [1.29, 1.82) is 0 Å². The van der Waals surface area contributed by atoms with E-state index in [2.05, 4.69) is 49.9 Å². The number of aliphatic imine (C=N–C) groups is 1. The van der Waals surface area contributed by atoms with Crippen LogP contribution in [0, 0.1) is 0 Å². The summed E-state index contributed by atoms with van der Waals surface area (Å²) in [6.45, 7) is 3.65. The first kappa shape index (κ1) is 17.2. The molecule has 0 bridgehead atoms. The molecule has 0 aliphatic carbocycles. The minimum atomic E-state index is 0.576. The zero-order valence-corrected chi connectivity index (χ0v) is 15.2. The van der Waals surface area contributed by atoms with E-state index in [9.17, 15) is 0 Å². The molecule has 0 radical (unpaired) electrons. The van der Waals surface area contributed by atoms with Crippen LogP contribution in [0.2, 0.25) is 0 Å². The van der Waals surface area contributed by atoms with E-state index in [1.807, 2.05) is 23.5 Å². The predicted molar refractivity (Wildman–Crippen MR) is 99.7 cm³/mol. The number of nitrogens with one attached hydrogen (secondary N) is 3. The van der Waals surface area contributed by atoms with Crippen LogP contribution in [0.25, 0.3) is 11.6 Å². The van der Waals surface area contributed by atoms with E-state index in [-0.39, 0.29) is 0 Å². The van der Waals surface area contributed by atoms with E-state index in [0.29, 0.717) is 24.6 Å². The summed E-state index contributed by atoms with van der Waals surface area (Å²) in [7, 11) is 1.77. The third-order valence-electron chi connectivity index (χ3n) is 3.65. The van der Waals surface area contributed by atoms with E-state index >= 15 is 0 Å². The van der Waals surface area contributed by atoms with Gasteiger partial charge in [0.2, 0.25) is 5.82 Å². The summed E-state index contributed by atoms with van der Waals surface area (Å²) < 4.78 is 5.29. The average molecular weight is 358 g/mol. The van der Waals surface area contributed by atoms with Crippen LogP contribution >= 0.6 is 11.3 Å². The number of aromatic amines is 1. The minimum absolute atomic E-state index is 0.576. The van der Waals surface area contributed by atoms with Crippen LogP contribution in [-0.2, 0) is 19.4 Å². The molecule has 3 heterocycles. The molecule has 0 atom stereocenters. The molecule has 8 heteroatoms. The van der Waals surface area contributed by atoms with Crippen LogP contribution in [0.4, 0.5) is 0 Å². The highest BCUT2D eigenvalue weighted by Gasteiger charge is 2.08. The van der Waals surface area contributed by atoms with Gasteiger partial charge < -0.3 is 15.1 Å². The number of guanidine groups is 1. The second-order valence-corrected chi connectivity index (χ2v) is 6.66. The molecule has 3 N–H and O–H groups in total. The first-order valence-electron chi connectivity index (χ1n) is 8.25. The van der Waals surface area contributed by atoms with Gasteiger partial charge in [0.05, 0.1) is 12.8 Å². The van der Waals surface area contributed by atoms with E-state index < -0.39 is 0 Å². The van der Waals surface area contributed by atoms with Gasteiger partial charge in [-0.15, -0.1) is 11.3 Å². The summed E-state index contributed by atoms with van der Waals surface area (Å²) in [6.07, 6.45) is 3.40. The number of aromatic nitrogens is 3. The summed E-state index contributed by atoms with van der Waals surface area (Å²) in [4.78, 5) is 11.4. The molecular formula is C17H22N6OS. The minimum Gasteiger partial charge on any atom is -0.461 e. The van der Waals surface area contributed by atoms with Gasteiger partial charge in [-0.05, 0) is 30.7 Å². The van der Waals surface area contributed by atoms with Crippen molar-refractivity contribution < 1.29 is 4.42 Å². The molecule has 25 heavy (non-hydrogen) atoms. The van der Waals surface area contributed by atoms with Crippen molar-refractivity contribution in [2.45, 2.75) is 26.3 Å². The number of rotatable bonds is 7. The highest BCUT2D eigenvalue weighted by atomic mass is 32.1. The van der Waals surface area contributed by atoms with E-state index in [1.165, 1.54) is 9.75 Å². The highest BCUT2D eigenvalue weighted by molar-refractivity contribution is 7.11. The first-order valence-corrected chi connectivity index (χ1v) is 9.07. The highest BCUT2D eigenvalue weighted by Crippen LogP contribution is 2.16. The summed E-state index contributed by atoms with van der Waals surface area (Å²) in [5.41, 5.74) is 0. The topological polar surface area (TPSA) is 91.1 Å². The van der Waals surface area contributed by atoms with Crippen molar-refractivity contribution in [3.05, 3.63) is 46.1 Å². The summed E-state index contributed by atoms with van der Waals surface area (Å²) in [5, 5.41) is 13.7. The van der Waals surface area contributed by atoms with E-state index in [1.54, 1.807) is 13.3 Å². The molecule has 0 amide bonds. The Morgan fingerprint density at radius 1 is 1.28 bits per heavy atom. The zero-order valence-electron chi connectivity index (χ0n) is 14.4. The molecule has 3 rings (SSSR count). The lowest BCUT2D eigenvalue weighted by molar-refractivity contribution is 0.577. The van der Waals surface area contributed by atoms with Crippen molar-refractivity contribution in [2.75, 3.05) is 13.6 Å². The van der Waals surface area contributed by atoms with E-state index in [0.717, 1.165) is 24.7 Å². The Morgan fingerprint density at radius 3 is 2.88 bits per heavy atom. The summed E-state index contributed by atoms with van der Waals surface area (Å²) in [5.74, 6) is 2.82. The predicted octanol–water partition coefficient (Wildman–Crippen LogP) is 2.60. The maximum atomic E-state index is 5.29. The van der Waals surface area contributed by atoms with Gasteiger partial charge in [0, 0.05) is 29.8 Å². The SMILES string of the molecule is CCc1ccc(CNC(=NC)NCCc2nc(-c3ccco3)n[nH]2)s1. The molecule has 3 aromatic heterocycles. The van der Waals surface area contributed by atoms with Gasteiger partial charge in [0.15, 0.2) is 11.7 Å². The lowest BCUT2D eigenvalue weighted by Crippen LogP contribution is -2.37. The van der Waals surface area contributed by atoms with Gasteiger partial charge >= 0.3 is 0 Å². The fourth-order valence-electron chi connectivity index (χ4n) is 2.32. The Labute approximate surface area is 150 Å². The Hall–Kier alpha value is -2.61. The molecule has 0 saturated carbocycles. The monoisotopic (exact) mass is 358 g/mol. The number of hydrogen-bond acceptors (Lipinski definition) is 5. The number of furan rings is 1. The Balaban J connectivity index is 1.44. The quantitative estimate of drug-likeness (QED) is 0.446. The standard InChI is InChI=1S/C17H22N6OS/c1-3-12-6-7-13(25-12)11-20-17(18-2)19-9-8-15-21-16(23-22-15)14-5-4-10-24-14/h4-7,10H,3,8-9,11H2,1-2H3,(H2,18,19,20)(H,21,22,23). The van der Waals surface area contributed by atoms with Gasteiger partial charge in [-0.2, -0.15) is 5.10 Å². The van der Waals surface area contributed by atoms with Gasteiger partial charge in [0.25, 0.3) is 0 Å². The number of hydrogen-bond donors (Lipinski definition) is 3. The molecule has 0 aliphatic heterocycles. The second-order valence-electron chi connectivity index (χ2n) is 5.41. The molecule has 3 aromatic rings. The summed E-state index contributed by atoms with van der Waals surface area (Å²) >= 11 is 1.83. The normalized spacial score (nSPS) is 11.7. The number of H-pyrrole nitrogens is 1. The number of nitrogens with zero attached hydrogens (tertiary/aromatic N) is 3. The van der Waals surface area contributed by atoms with Crippen molar-refractivity contribution in [2.24, 2.45) is 4.99 Å². The van der Waals surface area contributed by atoms with Crippen LogP contribution < -0.4 is 10.6 Å². The first-order chi connectivity index (χ1) is 12.3. The Bertz CT molecular complexity index is 805. The smallest absolute Gasteiger partial charge is 0.216 e. The van der Waals surface area contributed by atoms with E-state index in [4.69, 9.17) is 4.42 Å². The largest absolute Gasteiger partial charge is 0.461 e. The molecule has 0 fully saturated rings. The third-order valence-corrected chi connectivity index (χ3v) is 4.88. The molecular weight excluding hydrogens is 336 g/mol. The van der Waals surface area contributed by atoms with Crippen LogP contribution in [0.1, 0.15) is 22.5 Å². The molecule has 0 saturated heterocycles. The summed E-state index contributed by atoms with van der Waals surface area (Å²) in [6, 6.07) is 8.00. The average Bonchev–Trinajstić information content (AvgIpc) is 3.39. The maximum absolute atomic E-state index is 5.29. The number of thiophene rings is 1.